The molecule has 0 aromatic carbocycles. The quantitative estimate of drug-likeness (QED) is 0.756. The van der Waals surface area contributed by atoms with Crippen LogP contribution in [0.5, 0.6) is 0 Å². The number of hydrogen-bond donors (Lipinski definition) is 3. The molecule has 0 radical (unpaired) electrons. The predicted molar refractivity (Wildman–Crippen MR) is 82.3 cm³/mol. The highest BCUT2D eigenvalue weighted by atomic mass is 16.2. The summed E-state index contributed by atoms with van der Waals surface area (Å²) in [5.74, 6) is 0.164. The van der Waals surface area contributed by atoms with Crippen molar-refractivity contribution in [2.75, 3.05) is 11.1 Å². The van der Waals surface area contributed by atoms with E-state index in [1.807, 2.05) is 19.9 Å². The summed E-state index contributed by atoms with van der Waals surface area (Å²) in [5, 5.41) is 3.01. The molecule has 0 amide bonds. The Labute approximate surface area is 121 Å². The molecule has 4 N–H and O–H groups in total. The number of pyridine rings is 1. The molecule has 0 bridgehead atoms. The molecule has 2 rings (SSSR count). The van der Waals surface area contributed by atoms with Crippen molar-refractivity contribution in [3.8, 4) is 0 Å². The first-order valence-corrected chi connectivity index (χ1v) is 6.80. The number of rotatable bonds is 5. The first kappa shape index (κ1) is 14.8. The van der Waals surface area contributed by atoms with E-state index in [9.17, 15) is 9.59 Å². The minimum absolute atomic E-state index is 0.164. The fourth-order valence-electron chi connectivity index (χ4n) is 2.09. The minimum Gasteiger partial charge on any atom is -0.383 e. The Balaban J connectivity index is 2.32. The molecule has 0 spiro atoms. The smallest absolute Gasteiger partial charge is 0.330 e. The lowest BCUT2D eigenvalue weighted by molar-refractivity contribution is 0.642. The van der Waals surface area contributed by atoms with Gasteiger partial charge in [0.15, 0.2) is 0 Å². The highest BCUT2D eigenvalue weighted by Gasteiger charge is 2.11. The van der Waals surface area contributed by atoms with Crippen molar-refractivity contribution in [1.82, 2.24) is 14.5 Å². The number of aromatic nitrogens is 3. The van der Waals surface area contributed by atoms with E-state index in [1.165, 1.54) is 4.57 Å². The third-order valence-electron chi connectivity index (χ3n) is 3.28. The van der Waals surface area contributed by atoms with Gasteiger partial charge in [-0.15, -0.1) is 0 Å². The molecule has 2 heterocycles. The van der Waals surface area contributed by atoms with E-state index in [-0.39, 0.29) is 11.5 Å². The summed E-state index contributed by atoms with van der Waals surface area (Å²) in [4.78, 5) is 29.9. The Morgan fingerprint density at radius 3 is 2.86 bits per heavy atom. The zero-order valence-electron chi connectivity index (χ0n) is 12.1. The predicted octanol–water partition coefficient (Wildman–Crippen LogP) is 0.844. The van der Waals surface area contributed by atoms with Crippen molar-refractivity contribution in [3.05, 3.63) is 50.4 Å². The van der Waals surface area contributed by atoms with E-state index >= 15 is 0 Å². The first-order valence-electron chi connectivity index (χ1n) is 6.80. The summed E-state index contributed by atoms with van der Waals surface area (Å²) in [5.41, 5.74) is 7.21. The molecule has 0 atom stereocenters. The summed E-state index contributed by atoms with van der Waals surface area (Å²) in [6.07, 6.45) is 4.19. The van der Waals surface area contributed by atoms with E-state index in [1.54, 1.807) is 12.4 Å². The van der Waals surface area contributed by atoms with Crippen LogP contribution in [0, 0.1) is 6.92 Å². The molecular weight excluding hydrogens is 270 g/mol. The van der Waals surface area contributed by atoms with Gasteiger partial charge in [-0.25, -0.2) is 4.79 Å². The number of nitrogens with zero attached hydrogens (tertiary/aromatic N) is 2. The zero-order chi connectivity index (χ0) is 15.4. The molecule has 2 aromatic heterocycles. The van der Waals surface area contributed by atoms with Crippen LogP contribution in [0.3, 0.4) is 0 Å². The van der Waals surface area contributed by atoms with Gasteiger partial charge >= 0.3 is 5.69 Å². The van der Waals surface area contributed by atoms with Gasteiger partial charge in [-0.05, 0) is 30.5 Å². The largest absolute Gasteiger partial charge is 0.383 e. The molecule has 0 fully saturated rings. The third-order valence-corrected chi connectivity index (χ3v) is 3.28. The average molecular weight is 289 g/mol. The second kappa shape index (κ2) is 6.25. The van der Waals surface area contributed by atoms with Crippen molar-refractivity contribution < 1.29 is 0 Å². The standard InChI is InChI=1S/C14H19N5O2/c1-3-6-19-12(15)11(13(20)18-14(19)21)17-8-10-4-5-16-7-9(10)2/h4-5,7,17H,3,6,8,15H2,1-2H3,(H,18,20,21). The van der Waals surface area contributed by atoms with Crippen LogP contribution < -0.4 is 22.3 Å². The molecule has 0 saturated carbocycles. The fraction of sp³-hybridized carbons (Fsp3) is 0.357. The Morgan fingerprint density at radius 1 is 1.43 bits per heavy atom. The lowest BCUT2D eigenvalue weighted by Crippen LogP contribution is -2.34. The number of hydrogen-bond acceptors (Lipinski definition) is 5. The highest BCUT2D eigenvalue weighted by molar-refractivity contribution is 5.60. The van der Waals surface area contributed by atoms with E-state index in [4.69, 9.17) is 5.73 Å². The SMILES string of the molecule is CCCn1c(N)c(NCc2ccncc2C)c(=O)[nH]c1=O. The Hall–Kier alpha value is -2.57. The third kappa shape index (κ3) is 3.13. The Morgan fingerprint density at radius 2 is 2.19 bits per heavy atom. The molecule has 0 aliphatic rings. The number of nitrogens with one attached hydrogen (secondary N) is 2. The van der Waals surface area contributed by atoms with E-state index < -0.39 is 11.2 Å². The van der Waals surface area contributed by atoms with Gasteiger partial charge in [0.05, 0.1) is 0 Å². The summed E-state index contributed by atoms with van der Waals surface area (Å²) < 4.78 is 1.36. The van der Waals surface area contributed by atoms with Crippen molar-refractivity contribution in [2.45, 2.75) is 33.4 Å². The van der Waals surface area contributed by atoms with Gasteiger partial charge in [0, 0.05) is 25.5 Å². The number of nitrogen functional groups attached to an aromatic ring is 1. The van der Waals surface area contributed by atoms with Crippen molar-refractivity contribution in [2.24, 2.45) is 0 Å². The van der Waals surface area contributed by atoms with Crippen LogP contribution in [0.15, 0.2) is 28.0 Å². The van der Waals surface area contributed by atoms with Crippen LogP contribution in [0.1, 0.15) is 24.5 Å². The topological polar surface area (TPSA) is 106 Å². The van der Waals surface area contributed by atoms with E-state index in [0.29, 0.717) is 13.1 Å². The Kier molecular flexibility index (Phi) is 4.42. The van der Waals surface area contributed by atoms with Crippen LogP contribution in [0.4, 0.5) is 11.5 Å². The van der Waals surface area contributed by atoms with Crippen LogP contribution in [0.25, 0.3) is 0 Å². The number of H-pyrrole nitrogens is 1. The lowest BCUT2D eigenvalue weighted by atomic mass is 10.1. The van der Waals surface area contributed by atoms with Gasteiger partial charge in [-0.3, -0.25) is 19.3 Å². The monoisotopic (exact) mass is 289 g/mol. The number of anilines is 2. The van der Waals surface area contributed by atoms with Gasteiger partial charge in [0.2, 0.25) is 0 Å². The van der Waals surface area contributed by atoms with Crippen LogP contribution in [-0.4, -0.2) is 14.5 Å². The summed E-state index contributed by atoms with van der Waals surface area (Å²) in [6, 6.07) is 1.87. The maximum absolute atomic E-state index is 11.9. The summed E-state index contributed by atoms with van der Waals surface area (Å²) in [7, 11) is 0. The normalized spacial score (nSPS) is 10.6. The fourth-order valence-corrected chi connectivity index (χ4v) is 2.09. The average Bonchev–Trinajstić information content (AvgIpc) is 2.45. The highest BCUT2D eigenvalue weighted by Crippen LogP contribution is 2.13. The molecule has 112 valence electrons. The summed E-state index contributed by atoms with van der Waals surface area (Å²) in [6.45, 7) is 4.77. The van der Waals surface area contributed by atoms with Crippen LogP contribution >= 0.6 is 0 Å². The molecule has 0 unspecified atom stereocenters. The second-order valence-electron chi connectivity index (χ2n) is 4.83. The molecule has 0 saturated heterocycles. The zero-order valence-corrected chi connectivity index (χ0v) is 12.1. The van der Waals surface area contributed by atoms with E-state index in [2.05, 4.69) is 15.3 Å². The number of aryl methyl sites for hydroxylation is 1. The van der Waals surface area contributed by atoms with Crippen molar-refractivity contribution in [1.29, 1.82) is 0 Å². The van der Waals surface area contributed by atoms with Gasteiger partial charge in [-0.1, -0.05) is 6.92 Å². The maximum atomic E-state index is 11.9. The van der Waals surface area contributed by atoms with Gasteiger partial charge < -0.3 is 11.1 Å². The molecule has 7 heteroatoms. The lowest BCUT2D eigenvalue weighted by Gasteiger charge is -2.13. The van der Waals surface area contributed by atoms with Crippen molar-refractivity contribution in [3.63, 3.8) is 0 Å². The van der Waals surface area contributed by atoms with Gasteiger partial charge in [0.1, 0.15) is 11.5 Å². The second-order valence-corrected chi connectivity index (χ2v) is 4.83. The van der Waals surface area contributed by atoms with Crippen LogP contribution in [0.2, 0.25) is 0 Å². The molecule has 0 aliphatic carbocycles. The van der Waals surface area contributed by atoms with Crippen molar-refractivity contribution >= 4 is 11.5 Å². The summed E-state index contributed by atoms with van der Waals surface area (Å²) >= 11 is 0. The van der Waals surface area contributed by atoms with Gasteiger partial charge in [0.25, 0.3) is 5.56 Å². The number of nitrogens with two attached hydrogens (primary N) is 1. The molecule has 0 aliphatic heterocycles. The Bertz CT molecular complexity index is 748. The number of aromatic amines is 1. The maximum Gasteiger partial charge on any atom is 0.330 e. The molecule has 2 aromatic rings. The first-order chi connectivity index (χ1) is 10.0. The minimum atomic E-state index is -0.503. The van der Waals surface area contributed by atoms with E-state index in [0.717, 1.165) is 17.5 Å². The molecule has 21 heavy (non-hydrogen) atoms. The molecular formula is C14H19N5O2. The van der Waals surface area contributed by atoms with Gasteiger partial charge in [-0.2, -0.15) is 0 Å². The molecule has 7 nitrogen and oxygen atoms in total. The van der Waals surface area contributed by atoms with Crippen LogP contribution in [-0.2, 0) is 13.1 Å².